The predicted octanol–water partition coefficient (Wildman–Crippen LogP) is 3.29. The molecule has 1 N–H and O–H groups in total. The largest absolute Gasteiger partial charge is 0.452 e. The average molecular weight is 445 g/mol. The van der Waals surface area contributed by atoms with Crippen LogP contribution < -0.4 is 9.62 Å². The maximum atomic E-state index is 13.3. The van der Waals surface area contributed by atoms with Crippen LogP contribution in [0.1, 0.15) is 49.5 Å². The number of carbonyl (C=O) groups excluding carboxylic acids is 2. The van der Waals surface area contributed by atoms with Gasteiger partial charge in [-0.15, -0.1) is 0 Å². The Bertz CT molecular complexity index is 1060. The molecule has 7 nitrogen and oxygen atoms in total. The molecule has 3 rings (SSSR count). The van der Waals surface area contributed by atoms with E-state index in [0.717, 1.165) is 18.4 Å². The van der Waals surface area contributed by atoms with E-state index in [4.69, 9.17) is 4.74 Å². The number of nitrogens with one attached hydrogen (secondary N) is 1. The van der Waals surface area contributed by atoms with E-state index in [9.17, 15) is 18.0 Å². The summed E-state index contributed by atoms with van der Waals surface area (Å²) in [6.45, 7) is 5.37. The predicted molar refractivity (Wildman–Crippen MR) is 119 cm³/mol. The fraction of sp³-hybridized carbons (Fsp3) is 0.391. The minimum atomic E-state index is -3.86. The van der Waals surface area contributed by atoms with Crippen molar-refractivity contribution in [1.82, 2.24) is 5.32 Å². The van der Waals surface area contributed by atoms with Crippen molar-refractivity contribution in [2.24, 2.45) is 0 Å². The van der Waals surface area contributed by atoms with Crippen molar-refractivity contribution in [2.75, 3.05) is 10.9 Å². The Balaban J connectivity index is 1.75. The summed E-state index contributed by atoms with van der Waals surface area (Å²) in [5, 5.41) is 2.79. The summed E-state index contributed by atoms with van der Waals surface area (Å²) in [5.74, 6) is -1.13. The number of rotatable bonds is 8. The van der Waals surface area contributed by atoms with Gasteiger partial charge in [0, 0.05) is 12.1 Å². The molecule has 0 unspecified atom stereocenters. The van der Waals surface area contributed by atoms with Crippen LogP contribution in [0.25, 0.3) is 0 Å². The number of anilines is 1. The monoisotopic (exact) mass is 444 g/mol. The van der Waals surface area contributed by atoms with Crippen LogP contribution in [0.2, 0.25) is 0 Å². The molecule has 1 heterocycles. The van der Waals surface area contributed by atoms with Crippen LogP contribution in [0.3, 0.4) is 0 Å². The Morgan fingerprint density at radius 3 is 2.55 bits per heavy atom. The Morgan fingerprint density at radius 2 is 1.84 bits per heavy atom. The lowest BCUT2D eigenvalue weighted by Crippen LogP contribution is -2.37. The highest BCUT2D eigenvalue weighted by molar-refractivity contribution is 7.92. The molecule has 1 amide bonds. The summed E-state index contributed by atoms with van der Waals surface area (Å²) in [7, 11) is -3.86. The molecule has 2 aromatic rings. The van der Waals surface area contributed by atoms with Crippen molar-refractivity contribution in [2.45, 2.75) is 57.0 Å². The lowest BCUT2D eigenvalue weighted by Gasteiger charge is -2.24. The number of carbonyl (C=O) groups is 2. The molecule has 0 aromatic heterocycles. The first-order valence-electron chi connectivity index (χ1n) is 10.5. The van der Waals surface area contributed by atoms with Crippen molar-refractivity contribution in [3.8, 4) is 0 Å². The zero-order chi connectivity index (χ0) is 22.6. The Kier molecular flexibility index (Phi) is 7.00. The molecule has 0 spiro atoms. The summed E-state index contributed by atoms with van der Waals surface area (Å²) in [6, 6.07) is 12.9. The van der Waals surface area contributed by atoms with Crippen molar-refractivity contribution >= 4 is 27.6 Å². The highest BCUT2D eigenvalue weighted by Crippen LogP contribution is 2.36. The second kappa shape index (κ2) is 9.51. The first-order chi connectivity index (χ1) is 14.8. The fourth-order valence-corrected chi connectivity index (χ4v) is 5.52. The number of sulfonamides is 1. The van der Waals surface area contributed by atoms with E-state index in [1.807, 2.05) is 32.9 Å². The smallest absolute Gasteiger partial charge is 0.338 e. The van der Waals surface area contributed by atoms with E-state index in [2.05, 4.69) is 5.32 Å². The molecular weight excluding hydrogens is 416 g/mol. The van der Waals surface area contributed by atoms with E-state index < -0.39 is 22.6 Å². The molecule has 166 valence electrons. The number of amides is 1. The van der Waals surface area contributed by atoms with Crippen molar-refractivity contribution in [1.29, 1.82) is 0 Å². The molecular formula is C23H28N2O5S. The Labute approximate surface area is 183 Å². The highest BCUT2D eigenvalue weighted by atomic mass is 32.2. The third kappa shape index (κ3) is 4.90. The van der Waals surface area contributed by atoms with Crippen LogP contribution in [-0.4, -0.2) is 39.0 Å². The molecule has 0 saturated heterocycles. The zero-order valence-corrected chi connectivity index (χ0v) is 18.8. The summed E-state index contributed by atoms with van der Waals surface area (Å²) in [5.41, 5.74) is 1.70. The molecule has 8 heteroatoms. The summed E-state index contributed by atoms with van der Waals surface area (Å²) in [4.78, 5) is 24.4. The second-order valence-electron chi connectivity index (χ2n) is 7.67. The molecule has 0 aliphatic carbocycles. The second-order valence-corrected chi connectivity index (χ2v) is 9.48. The third-order valence-corrected chi connectivity index (χ3v) is 7.38. The quantitative estimate of drug-likeness (QED) is 0.631. The summed E-state index contributed by atoms with van der Waals surface area (Å²) < 4.78 is 33.2. The van der Waals surface area contributed by atoms with Gasteiger partial charge in [0.2, 0.25) is 0 Å². The molecule has 1 aliphatic rings. The number of hydrogen-bond acceptors (Lipinski definition) is 5. The van der Waals surface area contributed by atoms with Gasteiger partial charge in [0.25, 0.3) is 15.9 Å². The molecule has 0 radical (unpaired) electrons. The zero-order valence-electron chi connectivity index (χ0n) is 18.0. The van der Waals surface area contributed by atoms with Gasteiger partial charge in [-0.05, 0) is 56.0 Å². The van der Waals surface area contributed by atoms with Gasteiger partial charge in [0.15, 0.2) is 6.61 Å². The Morgan fingerprint density at radius 1 is 1.13 bits per heavy atom. The van der Waals surface area contributed by atoms with Crippen molar-refractivity contribution < 1.29 is 22.7 Å². The minimum absolute atomic E-state index is 0.00647. The SMILES string of the molecule is CCC(CC)NC(=O)COC(=O)c1cccc(S(=O)(=O)N2c3ccccc3C[C@H]2C)c1. The molecule has 1 atom stereocenters. The number of fused-ring (bicyclic) bond motifs is 1. The van der Waals surface area contributed by atoms with Crippen LogP contribution in [0, 0.1) is 0 Å². The minimum Gasteiger partial charge on any atom is -0.452 e. The summed E-state index contributed by atoms with van der Waals surface area (Å²) >= 11 is 0. The average Bonchev–Trinajstić information content (AvgIpc) is 3.12. The van der Waals surface area contributed by atoms with Gasteiger partial charge in [-0.2, -0.15) is 0 Å². The van der Waals surface area contributed by atoms with E-state index in [-0.39, 0.29) is 28.4 Å². The number of hydrogen-bond donors (Lipinski definition) is 1. The maximum Gasteiger partial charge on any atom is 0.338 e. The van der Waals surface area contributed by atoms with Gasteiger partial charge >= 0.3 is 5.97 Å². The molecule has 0 fully saturated rings. The molecule has 2 aromatic carbocycles. The van der Waals surface area contributed by atoms with Crippen molar-refractivity contribution in [3.63, 3.8) is 0 Å². The van der Waals surface area contributed by atoms with Crippen molar-refractivity contribution in [3.05, 3.63) is 59.7 Å². The molecule has 31 heavy (non-hydrogen) atoms. The maximum absolute atomic E-state index is 13.3. The van der Waals surface area contributed by atoms with E-state index >= 15 is 0 Å². The van der Waals surface area contributed by atoms with Gasteiger partial charge in [0.1, 0.15) is 0 Å². The van der Waals surface area contributed by atoms with E-state index in [0.29, 0.717) is 12.1 Å². The van der Waals surface area contributed by atoms with Crippen LogP contribution in [0.15, 0.2) is 53.4 Å². The Hall–Kier alpha value is -2.87. The third-order valence-electron chi connectivity index (χ3n) is 5.46. The molecule has 0 saturated carbocycles. The first-order valence-corrected chi connectivity index (χ1v) is 11.9. The topological polar surface area (TPSA) is 92.8 Å². The van der Waals surface area contributed by atoms with Crippen LogP contribution in [0.5, 0.6) is 0 Å². The van der Waals surface area contributed by atoms with Crippen LogP contribution in [0.4, 0.5) is 5.69 Å². The number of esters is 1. The van der Waals surface area contributed by atoms with Gasteiger partial charge < -0.3 is 10.1 Å². The van der Waals surface area contributed by atoms with E-state index in [1.54, 1.807) is 12.1 Å². The molecule has 1 aliphatic heterocycles. The standard InChI is InChI=1S/C23H28N2O5S/c1-4-19(5-2)24-22(26)15-30-23(27)18-10-8-11-20(14-18)31(28,29)25-16(3)13-17-9-6-7-12-21(17)25/h6-12,14,16,19H,4-5,13,15H2,1-3H3,(H,24,26)/t16-/m1/s1. The molecule has 0 bridgehead atoms. The van der Waals surface area contributed by atoms with E-state index in [1.165, 1.54) is 28.6 Å². The van der Waals surface area contributed by atoms with Gasteiger partial charge in [-0.3, -0.25) is 9.10 Å². The fourth-order valence-electron chi connectivity index (χ4n) is 3.78. The lowest BCUT2D eigenvalue weighted by molar-refractivity contribution is -0.125. The lowest BCUT2D eigenvalue weighted by atomic mass is 10.1. The van der Waals surface area contributed by atoms with Gasteiger partial charge in [-0.1, -0.05) is 38.1 Å². The van der Waals surface area contributed by atoms with Crippen LogP contribution in [-0.2, 0) is 26.0 Å². The van der Waals surface area contributed by atoms with Gasteiger partial charge in [-0.25, -0.2) is 13.2 Å². The normalized spacial score (nSPS) is 15.6. The van der Waals surface area contributed by atoms with Gasteiger partial charge in [0.05, 0.1) is 16.1 Å². The highest BCUT2D eigenvalue weighted by Gasteiger charge is 2.36. The number of para-hydroxylation sites is 1. The number of ether oxygens (including phenoxy) is 1. The number of benzene rings is 2. The van der Waals surface area contributed by atoms with Crippen LogP contribution >= 0.6 is 0 Å². The first kappa shape index (κ1) is 22.8. The summed E-state index contributed by atoms with van der Waals surface area (Å²) in [6.07, 6.45) is 2.20. The number of nitrogens with zero attached hydrogens (tertiary/aromatic N) is 1.